The van der Waals surface area contributed by atoms with Crippen LogP contribution >= 0.6 is 11.6 Å². The van der Waals surface area contributed by atoms with Crippen molar-refractivity contribution < 1.29 is 18.7 Å². The summed E-state index contributed by atoms with van der Waals surface area (Å²) in [6.07, 6.45) is 2.92. The molecular formula is C31H29ClFN7O3. The van der Waals surface area contributed by atoms with Gasteiger partial charge in [0.1, 0.15) is 30.3 Å². The van der Waals surface area contributed by atoms with Gasteiger partial charge in [0.05, 0.1) is 40.7 Å². The molecule has 3 heterocycles. The Balaban J connectivity index is 1.32. The number of benzene rings is 3. The lowest BCUT2D eigenvalue weighted by Crippen LogP contribution is -2.38. The average molecular weight is 602 g/mol. The summed E-state index contributed by atoms with van der Waals surface area (Å²) in [5, 5.41) is 8.00. The molecule has 1 fully saturated rings. The molecule has 0 bridgehead atoms. The summed E-state index contributed by atoms with van der Waals surface area (Å²) in [5.41, 5.74) is 8.46. The third-order valence-corrected chi connectivity index (χ3v) is 7.66. The zero-order valence-electron chi connectivity index (χ0n) is 23.4. The summed E-state index contributed by atoms with van der Waals surface area (Å²) in [5.74, 6) is 0.166. The van der Waals surface area contributed by atoms with Crippen LogP contribution in [0.4, 0.5) is 27.4 Å². The summed E-state index contributed by atoms with van der Waals surface area (Å²) >= 11 is 5.97. The number of nitrogens with two attached hydrogens (primary N) is 1. The predicted molar refractivity (Wildman–Crippen MR) is 166 cm³/mol. The number of halogens is 2. The number of hydrogen-bond donors (Lipinski definition) is 3. The highest BCUT2D eigenvalue weighted by atomic mass is 35.5. The maximum absolute atomic E-state index is 14.6. The van der Waals surface area contributed by atoms with Crippen molar-refractivity contribution >= 4 is 62.2 Å². The molecule has 43 heavy (non-hydrogen) atoms. The zero-order valence-corrected chi connectivity index (χ0v) is 24.1. The van der Waals surface area contributed by atoms with Crippen molar-refractivity contribution in [3.63, 3.8) is 0 Å². The third kappa shape index (κ3) is 6.00. The first kappa shape index (κ1) is 28.5. The molecule has 0 radical (unpaired) electrons. The number of nitrogens with one attached hydrogen (secondary N) is 2. The van der Waals surface area contributed by atoms with E-state index in [-0.39, 0.29) is 22.1 Å². The van der Waals surface area contributed by atoms with E-state index in [1.807, 2.05) is 19.1 Å². The van der Waals surface area contributed by atoms with Gasteiger partial charge in [0, 0.05) is 42.0 Å². The normalized spacial score (nSPS) is 13.7. The van der Waals surface area contributed by atoms with Crippen molar-refractivity contribution in [2.45, 2.75) is 6.92 Å². The Morgan fingerprint density at radius 2 is 1.93 bits per heavy atom. The number of morpholine rings is 1. The Bertz CT molecular complexity index is 1830. The van der Waals surface area contributed by atoms with Gasteiger partial charge in [0.2, 0.25) is 0 Å². The topological polar surface area (TPSA) is 128 Å². The quantitative estimate of drug-likeness (QED) is 0.209. The van der Waals surface area contributed by atoms with Crippen molar-refractivity contribution in [1.29, 1.82) is 0 Å². The van der Waals surface area contributed by atoms with E-state index in [4.69, 9.17) is 26.8 Å². The van der Waals surface area contributed by atoms with E-state index in [2.05, 4.69) is 30.5 Å². The Morgan fingerprint density at radius 3 is 2.77 bits per heavy atom. The van der Waals surface area contributed by atoms with Crippen molar-refractivity contribution in [1.82, 2.24) is 19.9 Å². The second-order valence-corrected chi connectivity index (χ2v) is 10.5. The highest BCUT2D eigenvalue weighted by molar-refractivity contribution is 6.31. The van der Waals surface area contributed by atoms with E-state index in [0.717, 1.165) is 25.2 Å². The number of fused-ring (bicyclic) bond motifs is 2. The molecule has 0 unspecified atom stereocenters. The van der Waals surface area contributed by atoms with Crippen LogP contribution in [0.2, 0.25) is 5.02 Å². The summed E-state index contributed by atoms with van der Waals surface area (Å²) in [7, 11) is 0. The van der Waals surface area contributed by atoms with Crippen LogP contribution in [0.5, 0.6) is 5.75 Å². The first-order chi connectivity index (χ1) is 20.9. The third-order valence-electron chi connectivity index (χ3n) is 7.36. The van der Waals surface area contributed by atoms with Crippen molar-refractivity contribution in [2.24, 2.45) is 0 Å². The van der Waals surface area contributed by atoms with Crippen LogP contribution in [0.15, 0.2) is 61.1 Å². The number of nitrogens with zero attached hydrogens (tertiary/aromatic N) is 4. The van der Waals surface area contributed by atoms with E-state index in [0.29, 0.717) is 58.8 Å². The van der Waals surface area contributed by atoms with Gasteiger partial charge in [-0.05, 0) is 42.8 Å². The fraction of sp³-hybridized carbons (Fsp3) is 0.226. The second-order valence-electron chi connectivity index (χ2n) is 10.1. The van der Waals surface area contributed by atoms with Gasteiger partial charge in [-0.3, -0.25) is 9.69 Å². The van der Waals surface area contributed by atoms with Crippen LogP contribution in [0.25, 0.3) is 21.7 Å². The monoisotopic (exact) mass is 601 g/mol. The molecule has 10 nitrogen and oxygen atoms in total. The lowest BCUT2D eigenvalue weighted by atomic mass is 10.0. The molecule has 0 spiro atoms. The SMILES string of the molecule is Cc1ccc2c(Nc3cccc(Cl)c3F)nccc2c1NC(=O)c1cc(OCCN2CCOCC2)cc2c(N)ncnc12. The fourth-order valence-electron chi connectivity index (χ4n) is 5.07. The van der Waals surface area contributed by atoms with Crippen LogP contribution < -0.4 is 21.1 Å². The molecular weight excluding hydrogens is 573 g/mol. The molecule has 1 saturated heterocycles. The van der Waals surface area contributed by atoms with E-state index >= 15 is 0 Å². The molecule has 2 aromatic heterocycles. The maximum atomic E-state index is 14.6. The molecule has 1 amide bonds. The molecule has 6 rings (SSSR count). The number of aromatic nitrogens is 3. The largest absolute Gasteiger partial charge is 0.492 e. The number of aryl methyl sites for hydroxylation is 1. The van der Waals surface area contributed by atoms with Crippen LogP contribution in [-0.4, -0.2) is 65.2 Å². The van der Waals surface area contributed by atoms with Crippen molar-refractivity contribution in [3.8, 4) is 5.75 Å². The summed E-state index contributed by atoms with van der Waals surface area (Å²) in [6.45, 7) is 6.14. The van der Waals surface area contributed by atoms with Gasteiger partial charge in [-0.15, -0.1) is 0 Å². The number of carbonyl (C=O) groups is 1. The highest BCUT2D eigenvalue weighted by Gasteiger charge is 2.19. The molecule has 1 aliphatic heterocycles. The number of anilines is 4. The Labute approximate surface area is 252 Å². The van der Waals surface area contributed by atoms with E-state index in [1.165, 1.54) is 12.4 Å². The molecule has 3 aromatic carbocycles. The Morgan fingerprint density at radius 1 is 1.09 bits per heavy atom. The van der Waals surface area contributed by atoms with Crippen molar-refractivity contribution in [2.75, 3.05) is 55.8 Å². The number of ether oxygens (including phenoxy) is 2. The van der Waals surface area contributed by atoms with E-state index in [1.54, 1.807) is 36.5 Å². The number of carbonyl (C=O) groups excluding carboxylic acids is 1. The minimum Gasteiger partial charge on any atom is -0.492 e. The van der Waals surface area contributed by atoms with Crippen LogP contribution in [0, 0.1) is 12.7 Å². The lowest BCUT2D eigenvalue weighted by molar-refractivity contribution is 0.0322. The minimum atomic E-state index is -0.580. The number of hydrogen-bond acceptors (Lipinski definition) is 9. The molecule has 0 atom stereocenters. The predicted octanol–water partition coefficient (Wildman–Crippen LogP) is 5.57. The number of amides is 1. The molecule has 220 valence electrons. The van der Waals surface area contributed by atoms with E-state index < -0.39 is 11.7 Å². The van der Waals surface area contributed by atoms with Crippen molar-refractivity contribution in [3.05, 3.63) is 83.0 Å². The summed E-state index contributed by atoms with van der Waals surface area (Å²) in [6, 6.07) is 13.6. The molecule has 0 aliphatic carbocycles. The van der Waals surface area contributed by atoms with Gasteiger partial charge in [-0.25, -0.2) is 19.3 Å². The van der Waals surface area contributed by atoms with Crippen LogP contribution in [-0.2, 0) is 4.74 Å². The minimum absolute atomic E-state index is 0.00184. The summed E-state index contributed by atoms with van der Waals surface area (Å²) in [4.78, 5) is 29.0. The Kier molecular flexibility index (Phi) is 8.19. The maximum Gasteiger partial charge on any atom is 0.258 e. The molecule has 5 aromatic rings. The lowest BCUT2D eigenvalue weighted by Gasteiger charge is -2.26. The number of rotatable bonds is 8. The molecule has 12 heteroatoms. The van der Waals surface area contributed by atoms with Gasteiger partial charge in [0.25, 0.3) is 5.91 Å². The number of pyridine rings is 1. The van der Waals surface area contributed by atoms with Gasteiger partial charge in [0.15, 0.2) is 5.82 Å². The number of nitrogen functional groups attached to an aromatic ring is 1. The molecule has 1 aliphatic rings. The zero-order chi connectivity index (χ0) is 29.9. The van der Waals surface area contributed by atoms with Gasteiger partial charge < -0.3 is 25.8 Å². The molecule has 0 saturated carbocycles. The van der Waals surface area contributed by atoms with Crippen LogP contribution in [0.3, 0.4) is 0 Å². The standard InChI is InChI=1S/C31H29ClFN7O3/c1-18-5-6-21-20(7-8-35-30(21)38-25-4-2-3-24(32)26(25)33)27(18)39-31(41)23-16-19(15-22-28(23)36-17-37-29(22)34)43-14-11-40-9-12-42-13-10-40/h2-8,15-17H,9-14H2,1H3,(H,35,38)(H,39,41)(H2,34,36,37). The average Bonchev–Trinajstić information content (AvgIpc) is 3.01. The smallest absolute Gasteiger partial charge is 0.258 e. The summed E-state index contributed by atoms with van der Waals surface area (Å²) < 4.78 is 26.1. The fourth-order valence-corrected chi connectivity index (χ4v) is 5.25. The van der Waals surface area contributed by atoms with Gasteiger partial charge in [-0.1, -0.05) is 29.8 Å². The first-order valence-corrected chi connectivity index (χ1v) is 14.1. The Hall–Kier alpha value is -4.58. The van der Waals surface area contributed by atoms with Crippen LogP contribution in [0.1, 0.15) is 15.9 Å². The first-order valence-electron chi connectivity index (χ1n) is 13.8. The second kappa shape index (κ2) is 12.3. The van der Waals surface area contributed by atoms with Gasteiger partial charge >= 0.3 is 0 Å². The van der Waals surface area contributed by atoms with Gasteiger partial charge in [-0.2, -0.15) is 0 Å². The van der Waals surface area contributed by atoms with E-state index in [9.17, 15) is 9.18 Å². The molecule has 4 N–H and O–H groups in total. The highest BCUT2D eigenvalue weighted by Crippen LogP contribution is 2.34.